The molecular weight excluding hydrogens is 206 g/mol. The van der Waals surface area contributed by atoms with Gasteiger partial charge in [-0.05, 0) is 44.8 Å². The zero-order valence-corrected chi connectivity index (χ0v) is 10.7. The first-order valence-electron chi connectivity index (χ1n) is 6.15. The van der Waals surface area contributed by atoms with E-state index >= 15 is 0 Å². The highest BCUT2D eigenvalue weighted by molar-refractivity contribution is 8.00. The molecule has 2 rings (SSSR count). The van der Waals surface area contributed by atoms with Crippen LogP contribution >= 0.6 is 11.8 Å². The monoisotopic (exact) mass is 229 g/mol. The SMILES string of the molecule is CC(NCC1(C)CCCS1)C1CCOC1. The third-order valence-corrected chi connectivity index (χ3v) is 5.31. The Balaban J connectivity index is 1.72. The lowest BCUT2D eigenvalue weighted by molar-refractivity contribution is 0.178. The molecule has 88 valence electrons. The van der Waals surface area contributed by atoms with Crippen LogP contribution in [0.2, 0.25) is 0 Å². The third-order valence-electron chi connectivity index (χ3n) is 3.77. The molecule has 0 amide bonds. The first-order chi connectivity index (χ1) is 7.20. The Bertz CT molecular complexity index is 198. The van der Waals surface area contributed by atoms with Crippen molar-refractivity contribution in [1.29, 1.82) is 0 Å². The summed E-state index contributed by atoms with van der Waals surface area (Å²) in [6.07, 6.45) is 4.00. The lowest BCUT2D eigenvalue weighted by atomic mass is 9.99. The molecule has 2 saturated heterocycles. The summed E-state index contributed by atoms with van der Waals surface area (Å²) in [6, 6.07) is 0.616. The minimum atomic E-state index is 0.494. The fourth-order valence-corrected chi connectivity index (χ4v) is 3.72. The highest BCUT2D eigenvalue weighted by atomic mass is 32.2. The predicted molar refractivity (Wildman–Crippen MR) is 66.5 cm³/mol. The van der Waals surface area contributed by atoms with E-state index in [2.05, 4.69) is 30.9 Å². The Morgan fingerprint density at radius 2 is 2.47 bits per heavy atom. The Morgan fingerprint density at radius 3 is 3.07 bits per heavy atom. The Kier molecular flexibility index (Phi) is 3.97. The summed E-state index contributed by atoms with van der Waals surface area (Å²) in [5, 5.41) is 3.71. The molecule has 2 aliphatic rings. The summed E-state index contributed by atoms with van der Waals surface area (Å²) < 4.78 is 5.92. The van der Waals surface area contributed by atoms with Crippen LogP contribution in [0.15, 0.2) is 0 Å². The van der Waals surface area contributed by atoms with Gasteiger partial charge in [0.25, 0.3) is 0 Å². The van der Waals surface area contributed by atoms with Crippen molar-refractivity contribution >= 4 is 11.8 Å². The van der Waals surface area contributed by atoms with E-state index < -0.39 is 0 Å². The lowest BCUT2D eigenvalue weighted by Crippen LogP contribution is -2.41. The normalized spacial score (nSPS) is 38.4. The van der Waals surface area contributed by atoms with Crippen molar-refractivity contribution in [2.75, 3.05) is 25.5 Å². The van der Waals surface area contributed by atoms with Crippen LogP contribution in [0, 0.1) is 5.92 Å². The Labute approximate surface area is 97.5 Å². The first kappa shape index (κ1) is 11.7. The Hall–Kier alpha value is 0.270. The summed E-state index contributed by atoms with van der Waals surface area (Å²) in [4.78, 5) is 0. The fraction of sp³-hybridized carbons (Fsp3) is 1.00. The molecule has 3 heteroatoms. The van der Waals surface area contributed by atoms with Crippen molar-refractivity contribution in [3.63, 3.8) is 0 Å². The minimum absolute atomic E-state index is 0.494. The second-order valence-electron chi connectivity index (χ2n) is 5.20. The average Bonchev–Trinajstić information content (AvgIpc) is 2.85. The van der Waals surface area contributed by atoms with Gasteiger partial charge in [0.05, 0.1) is 6.61 Å². The zero-order valence-electron chi connectivity index (χ0n) is 9.92. The zero-order chi connectivity index (χ0) is 10.7. The number of hydrogen-bond acceptors (Lipinski definition) is 3. The van der Waals surface area contributed by atoms with Crippen molar-refractivity contribution in [1.82, 2.24) is 5.32 Å². The lowest BCUT2D eigenvalue weighted by Gasteiger charge is -2.27. The number of nitrogens with one attached hydrogen (secondary N) is 1. The second-order valence-corrected chi connectivity index (χ2v) is 6.88. The molecule has 3 unspecified atom stereocenters. The van der Waals surface area contributed by atoms with E-state index in [1.54, 1.807) is 0 Å². The van der Waals surface area contributed by atoms with E-state index in [-0.39, 0.29) is 0 Å². The van der Waals surface area contributed by atoms with Crippen LogP contribution in [0.25, 0.3) is 0 Å². The molecule has 0 saturated carbocycles. The molecule has 2 aliphatic heterocycles. The van der Waals surface area contributed by atoms with Gasteiger partial charge in [-0.25, -0.2) is 0 Å². The molecule has 3 atom stereocenters. The largest absolute Gasteiger partial charge is 0.381 e. The molecule has 1 N–H and O–H groups in total. The van der Waals surface area contributed by atoms with E-state index in [9.17, 15) is 0 Å². The average molecular weight is 229 g/mol. The molecule has 0 spiro atoms. The van der Waals surface area contributed by atoms with Crippen molar-refractivity contribution < 1.29 is 4.74 Å². The third kappa shape index (κ3) is 3.11. The van der Waals surface area contributed by atoms with Crippen LogP contribution in [0.5, 0.6) is 0 Å². The molecule has 15 heavy (non-hydrogen) atoms. The molecule has 0 bridgehead atoms. The van der Waals surface area contributed by atoms with Crippen LogP contribution in [0.3, 0.4) is 0 Å². The van der Waals surface area contributed by atoms with Crippen molar-refractivity contribution in [3.8, 4) is 0 Å². The number of thioether (sulfide) groups is 1. The molecule has 0 aromatic heterocycles. The van der Waals surface area contributed by atoms with E-state index in [0.717, 1.165) is 25.7 Å². The molecule has 0 radical (unpaired) electrons. The van der Waals surface area contributed by atoms with E-state index in [1.807, 2.05) is 0 Å². The molecule has 0 aromatic carbocycles. The molecule has 2 fully saturated rings. The van der Waals surface area contributed by atoms with Gasteiger partial charge in [-0.2, -0.15) is 11.8 Å². The standard InChI is InChI=1S/C12H23NOS/c1-10(11-4-6-14-8-11)13-9-12(2)5-3-7-15-12/h10-11,13H,3-9H2,1-2H3. The summed E-state index contributed by atoms with van der Waals surface area (Å²) in [7, 11) is 0. The topological polar surface area (TPSA) is 21.3 Å². The smallest absolute Gasteiger partial charge is 0.0509 e. The highest BCUT2D eigenvalue weighted by Gasteiger charge is 2.30. The van der Waals surface area contributed by atoms with Gasteiger partial charge in [0, 0.05) is 23.9 Å². The van der Waals surface area contributed by atoms with Gasteiger partial charge < -0.3 is 10.1 Å². The summed E-state index contributed by atoms with van der Waals surface area (Å²) in [5.74, 6) is 2.08. The van der Waals surface area contributed by atoms with Gasteiger partial charge in [0.1, 0.15) is 0 Å². The van der Waals surface area contributed by atoms with Gasteiger partial charge in [0.15, 0.2) is 0 Å². The number of rotatable bonds is 4. The minimum Gasteiger partial charge on any atom is -0.381 e. The Morgan fingerprint density at radius 1 is 1.60 bits per heavy atom. The fourth-order valence-electron chi connectivity index (χ4n) is 2.47. The van der Waals surface area contributed by atoms with E-state index in [1.165, 1.54) is 25.0 Å². The summed E-state index contributed by atoms with van der Waals surface area (Å²) in [5.41, 5.74) is 0. The summed E-state index contributed by atoms with van der Waals surface area (Å²) >= 11 is 2.14. The van der Waals surface area contributed by atoms with Gasteiger partial charge in [-0.15, -0.1) is 0 Å². The quantitative estimate of drug-likeness (QED) is 0.799. The number of hydrogen-bond donors (Lipinski definition) is 1. The van der Waals surface area contributed by atoms with E-state index in [4.69, 9.17) is 4.74 Å². The number of ether oxygens (including phenoxy) is 1. The van der Waals surface area contributed by atoms with Crippen molar-refractivity contribution in [2.45, 2.75) is 43.9 Å². The summed E-state index contributed by atoms with van der Waals surface area (Å²) in [6.45, 7) is 7.79. The first-order valence-corrected chi connectivity index (χ1v) is 7.13. The van der Waals surface area contributed by atoms with Crippen LogP contribution < -0.4 is 5.32 Å². The van der Waals surface area contributed by atoms with Crippen LogP contribution in [0.4, 0.5) is 0 Å². The van der Waals surface area contributed by atoms with Crippen LogP contribution in [-0.2, 0) is 4.74 Å². The van der Waals surface area contributed by atoms with Gasteiger partial charge in [0.2, 0.25) is 0 Å². The van der Waals surface area contributed by atoms with Crippen LogP contribution in [-0.4, -0.2) is 36.3 Å². The van der Waals surface area contributed by atoms with Crippen molar-refractivity contribution in [2.24, 2.45) is 5.92 Å². The molecule has 2 nitrogen and oxygen atoms in total. The van der Waals surface area contributed by atoms with Crippen LogP contribution in [0.1, 0.15) is 33.1 Å². The van der Waals surface area contributed by atoms with Gasteiger partial charge in [-0.3, -0.25) is 0 Å². The maximum absolute atomic E-state index is 5.43. The molecule has 2 heterocycles. The highest BCUT2D eigenvalue weighted by Crippen LogP contribution is 2.37. The maximum atomic E-state index is 5.43. The van der Waals surface area contributed by atoms with Gasteiger partial charge in [-0.1, -0.05) is 0 Å². The molecule has 0 aliphatic carbocycles. The molecule has 0 aromatic rings. The molecular formula is C12H23NOS. The predicted octanol–water partition coefficient (Wildman–Crippen LogP) is 2.29. The second kappa shape index (κ2) is 5.07. The maximum Gasteiger partial charge on any atom is 0.0509 e. The van der Waals surface area contributed by atoms with E-state index in [0.29, 0.717) is 10.8 Å². The van der Waals surface area contributed by atoms with Crippen molar-refractivity contribution in [3.05, 3.63) is 0 Å². The van der Waals surface area contributed by atoms with Gasteiger partial charge >= 0.3 is 0 Å².